The fourth-order valence-corrected chi connectivity index (χ4v) is 5.76. The van der Waals surface area contributed by atoms with Crippen molar-refractivity contribution in [2.45, 2.75) is 31.2 Å². The minimum atomic E-state index is -3.63. The van der Waals surface area contributed by atoms with Crippen molar-refractivity contribution in [2.24, 2.45) is 0 Å². The van der Waals surface area contributed by atoms with E-state index >= 15 is 0 Å². The fraction of sp³-hybridized carbons (Fsp3) is 0.227. The summed E-state index contributed by atoms with van der Waals surface area (Å²) in [5.41, 5.74) is 1.60. The highest BCUT2D eigenvalue weighted by Gasteiger charge is 2.22. The molecular formula is C22H22N2O4S2. The van der Waals surface area contributed by atoms with Gasteiger partial charge in [0.25, 0.3) is 5.56 Å². The van der Waals surface area contributed by atoms with Crippen LogP contribution in [-0.4, -0.2) is 26.1 Å². The van der Waals surface area contributed by atoms with E-state index in [4.69, 9.17) is 4.74 Å². The summed E-state index contributed by atoms with van der Waals surface area (Å²) in [7, 11) is -2.04. The van der Waals surface area contributed by atoms with Crippen LogP contribution < -0.4 is 15.0 Å². The van der Waals surface area contributed by atoms with Gasteiger partial charge < -0.3 is 9.72 Å². The highest BCUT2D eigenvalue weighted by atomic mass is 32.2. The monoisotopic (exact) mass is 442 g/mol. The van der Waals surface area contributed by atoms with Gasteiger partial charge in [0.1, 0.15) is 10.4 Å². The molecule has 0 unspecified atom stereocenters. The molecule has 30 heavy (non-hydrogen) atoms. The Kier molecular flexibility index (Phi) is 4.96. The van der Waals surface area contributed by atoms with Crippen LogP contribution in [0, 0.1) is 0 Å². The second-order valence-electron chi connectivity index (χ2n) is 8.06. The molecule has 0 spiro atoms. The third-order valence-electron chi connectivity index (χ3n) is 4.67. The van der Waals surface area contributed by atoms with E-state index in [1.54, 1.807) is 58.2 Å². The lowest BCUT2D eigenvalue weighted by molar-refractivity contribution is 0.417. The maximum Gasteiger partial charge on any atom is 0.266 e. The summed E-state index contributed by atoms with van der Waals surface area (Å²) in [6, 6.07) is 12.2. The van der Waals surface area contributed by atoms with Gasteiger partial charge in [-0.05, 0) is 62.0 Å². The number of pyridine rings is 1. The van der Waals surface area contributed by atoms with Gasteiger partial charge in [-0.2, -0.15) is 0 Å². The summed E-state index contributed by atoms with van der Waals surface area (Å²) in [5, 5.41) is 3.60. The van der Waals surface area contributed by atoms with Gasteiger partial charge in [-0.1, -0.05) is 12.1 Å². The Morgan fingerprint density at radius 1 is 1.03 bits per heavy atom. The highest BCUT2D eigenvalue weighted by molar-refractivity contribution is 7.89. The Hall–Kier alpha value is -2.68. The van der Waals surface area contributed by atoms with Crippen LogP contribution in [0.4, 0.5) is 0 Å². The van der Waals surface area contributed by atoms with E-state index < -0.39 is 15.6 Å². The van der Waals surface area contributed by atoms with Gasteiger partial charge in [0.2, 0.25) is 10.0 Å². The summed E-state index contributed by atoms with van der Waals surface area (Å²) in [6.45, 7) is 5.40. The molecule has 0 fully saturated rings. The summed E-state index contributed by atoms with van der Waals surface area (Å²) in [5.74, 6) is 0.644. The Morgan fingerprint density at radius 2 is 1.73 bits per heavy atom. The number of thiophene rings is 1. The van der Waals surface area contributed by atoms with Gasteiger partial charge in [-0.3, -0.25) is 4.79 Å². The van der Waals surface area contributed by atoms with Crippen molar-refractivity contribution in [3.63, 3.8) is 0 Å². The van der Waals surface area contributed by atoms with Gasteiger partial charge in [-0.25, -0.2) is 13.1 Å². The van der Waals surface area contributed by atoms with Crippen LogP contribution in [0.1, 0.15) is 20.8 Å². The molecule has 0 saturated carbocycles. The number of fused-ring (bicyclic) bond motifs is 3. The van der Waals surface area contributed by atoms with E-state index in [0.29, 0.717) is 16.0 Å². The van der Waals surface area contributed by atoms with Gasteiger partial charge in [0.05, 0.1) is 12.0 Å². The lowest BCUT2D eigenvalue weighted by Gasteiger charge is -2.20. The number of hydrogen-bond acceptors (Lipinski definition) is 5. The van der Waals surface area contributed by atoms with Gasteiger partial charge in [0.15, 0.2) is 0 Å². The van der Waals surface area contributed by atoms with Crippen molar-refractivity contribution in [1.82, 2.24) is 9.71 Å². The number of H-pyrrole nitrogens is 1. The molecule has 2 aromatic carbocycles. The zero-order valence-electron chi connectivity index (χ0n) is 17.1. The standard InChI is InChI=1S/C22H22N2O4S2/c1-22(2,3)24-30(26,27)14-7-5-13(6-8-14)18-17(28-4)10-9-16-19(18)15-11-12-29-20(15)21(25)23-16/h5-12,24H,1-4H3,(H,23,25). The van der Waals surface area contributed by atoms with Crippen molar-refractivity contribution in [1.29, 1.82) is 0 Å². The number of rotatable bonds is 4. The van der Waals surface area contributed by atoms with Gasteiger partial charge in [-0.15, -0.1) is 11.3 Å². The van der Waals surface area contributed by atoms with Crippen LogP contribution in [0.15, 0.2) is 57.5 Å². The second-order valence-corrected chi connectivity index (χ2v) is 10.7. The molecule has 0 bridgehead atoms. The van der Waals surface area contributed by atoms with E-state index in [-0.39, 0.29) is 10.5 Å². The molecule has 6 nitrogen and oxygen atoms in total. The van der Waals surface area contributed by atoms with E-state index in [1.807, 2.05) is 17.5 Å². The molecule has 0 aliphatic heterocycles. The smallest absolute Gasteiger partial charge is 0.266 e. The predicted octanol–water partition coefficient (Wildman–Crippen LogP) is 4.50. The summed E-state index contributed by atoms with van der Waals surface area (Å²) >= 11 is 1.39. The number of aromatic nitrogens is 1. The number of nitrogens with one attached hydrogen (secondary N) is 2. The van der Waals surface area contributed by atoms with E-state index in [1.165, 1.54) is 11.3 Å². The topological polar surface area (TPSA) is 88.3 Å². The van der Waals surface area contributed by atoms with Crippen molar-refractivity contribution < 1.29 is 13.2 Å². The molecule has 0 radical (unpaired) electrons. The van der Waals surface area contributed by atoms with Crippen LogP contribution >= 0.6 is 11.3 Å². The third-order valence-corrected chi connectivity index (χ3v) is 7.36. The molecule has 0 aliphatic carbocycles. The van der Waals surface area contributed by atoms with Crippen LogP contribution in [0.25, 0.3) is 32.1 Å². The van der Waals surface area contributed by atoms with E-state index in [2.05, 4.69) is 9.71 Å². The van der Waals surface area contributed by atoms with Crippen molar-refractivity contribution in [2.75, 3.05) is 7.11 Å². The van der Waals surface area contributed by atoms with Crippen LogP contribution in [0.2, 0.25) is 0 Å². The van der Waals surface area contributed by atoms with Crippen LogP contribution in [0.5, 0.6) is 5.75 Å². The third kappa shape index (κ3) is 3.62. The molecule has 0 amide bonds. The number of aromatic amines is 1. The minimum Gasteiger partial charge on any atom is -0.496 e. The van der Waals surface area contributed by atoms with E-state index in [0.717, 1.165) is 21.9 Å². The van der Waals surface area contributed by atoms with E-state index in [9.17, 15) is 13.2 Å². The lowest BCUT2D eigenvalue weighted by Crippen LogP contribution is -2.40. The number of methoxy groups -OCH3 is 1. The zero-order chi connectivity index (χ0) is 21.7. The Bertz CT molecular complexity index is 1410. The van der Waals surface area contributed by atoms with Crippen LogP contribution in [0.3, 0.4) is 0 Å². The number of sulfonamides is 1. The first-order valence-electron chi connectivity index (χ1n) is 9.35. The summed E-state index contributed by atoms with van der Waals surface area (Å²) in [6.07, 6.45) is 0. The Labute approximate surface area is 178 Å². The summed E-state index contributed by atoms with van der Waals surface area (Å²) in [4.78, 5) is 15.5. The molecule has 156 valence electrons. The van der Waals surface area contributed by atoms with Gasteiger partial charge >= 0.3 is 0 Å². The zero-order valence-corrected chi connectivity index (χ0v) is 18.7. The maximum absolute atomic E-state index is 12.6. The summed E-state index contributed by atoms with van der Waals surface area (Å²) < 4.78 is 34.2. The normalized spacial score (nSPS) is 12.5. The largest absolute Gasteiger partial charge is 0.496 e. The molecule has 0 aliphatic rings. The molecule has 4 aromatic rings. The predicted molar refractivity (Wildman–Crippen MR) is 122 cm³/mol. The highest BCUT2D eigenvalue weighted by Crippen LogP contribution is 2.40. The lowest BCUT2D eigenvalue weighted by atomic mass is 9.97. The molecule has 8 heteroatoms. The molecule has 0 atom stereocenters. The molecule has 4 rings (SSSR count). The fourth-order valence-electron chi connectivity index (χ4n) is 3.55. The van der Waals surface area contributed by atoms with Gasteiger partial charge in [0, 0.05) is 27.4 Å². The molecule has 2 aromatic heterocycles. The molecule has 0 saturated heterocycles. The Balaban J connectivity index is 1.93. The maximum atomic E-state index is 12.6. The van der Waals surface area contributed by atoms with Crippen molar-refractivity contribution in [3.8, 4) is 16.9 Å². The SMILES string of the molecule is COc1ccc2[nH]c(=O)c3sccc3c2c1-c1ccc(S(=O)(=O)NC(C)(C)C)cc1. The van der Waals surface area contributed by atoms with Crippen molar-refractivity contribution in [3.05, 3.63) is 58.2 Å². The number of hydrogen-bond donors (Lipinski definition) is 2. The molecule has 2 N–H and O–H groups in total. The number of ether oxygens (including phenoxy) is 1. The van der Waals surface area contributed by atoms with Crippen LogP contribution in [-0.2, 0) is 10.0 Å². The average molecular weight is 443 g/mol. The molecule has 2 heterocycles. The van der Waals surface area contributed by atoms with Crippen molar-refractivity contribution >= 4 is 42.3 Å². The minimum absolute atomic E-state index is 0.127. The quantitative estimate of drug-likeness (QED) is 0.487. The number of benzene rings is 2. The first-order valence-corrected chi connectivity index (χ1v) is 11.7. The first-order chi connectivity index (χ1) is 14.1. The Morgan fingerprint density at radius 3 is 2.37 bits per heavy atom. The second kappa shape index (κ2) is 7.23. The first kappa shape index (κ1) is 20.6. The average Bonchev–Trinajstić information content (AvgIpc) is 3.16. The molecular weight excluding hydrogens is 420 g/mol.